The Kier molecular flexibility index (Phi) is 6.86. The van der Waals surface area contributed by atoms with Crippen molar-refractivity contribution in [2.24, 2.45) is 0 Å². The standard InChI is InChI=1S/C34H24O5/c1-21(2)33(35)38-25-17-14-23(15-18-25)13-16-24-19-20-30(37-24)31-26-9-5-7-11-28(26)32(39-34(36)22(3)4)29-12-8-6-10-27(29)31/h5-12,14-15,17-20H,1,3H2,2,4H3. The van der Waals surface area contributed by atoms with Crippen molar-refractivity contribution in [3.05, 3.63) is 121 Å². The summed E-state index contributed by atoms with van der Waals surface area (Å²) in [6.07, 6.45) is 0. The number of carbonyl (C=O) groups is 2. The first-order valence-corrected chi connectivity index (χ1v) is 12.2. The fraction of sp³-hybridized carbons (Fsp3) is 0.0588. The third-order valence-electron chi connectivity index (χ3n) is 6.02. The van der Waals surface area contributed by atoms with Crippen LogP contribution in [0.1, 0.15) is 25.2 Å². The van der Waals surface area contributed by atoms with E-state index in [0.29, 0.717) is 34.2 Å². The average Bonchev–Trinajstić information content (AvgIpc) is 3.40. The summed E-state index contributed by atoms with van der Waals surface area (Å²) in [5, 5.41) is 3.35. The fourth-order valence-corrected chi connectivity index (χ4v) is 4.12. The lowest BCUT2D eigenvalue weighted by atomic mass is 9.94. The van der Waals surface area contributed by atoms with Crippen molar-refractivity contribution in [3.8, 4) is 34.7 Å². The van der Waals surface area contributed by atoms with Gasteiger partial charge in [-0.3, -0.25) is 0 Å². The molecule has 5 aromatic rings. The second-order valence-corrected chi connectivity index (χ2v) is 9.07. The topological polar surface area (TPSA) is 65.7 Å². The minimum atomic E-state index is -0.476. The summed E-state index contributed by atoms with van der Waals surface area (Å²) in [4.78, 5) is 24.2. The molecule has 5 heteroatoms. The number of benzene rings is 4. The minimum Gasteiger partial charge on any atom is -0.448 e. The molecule has 0 atom stereocenters. The van der Waals surface area contributed by atoms with E-state index in [4.69, 9.17) is 13.9 Å². The maximum absolute atomic E-state index is 12.5. The van der Waals surface area contributed by atoms with Crippen molar-refractivity contribution in [1.29, 1.82) is 0 Å². The zero-order valence-electron chi connectivity index (χ0n) is 21.5. The largest absolute Gasteiger partial charge is 0.448 e. The zero-order chi connectivity index (χ0) is 27.5. The maximum Gasteiger partial charge on any atom is 0.338 e. The van der Waals surface area contributed by atoms with Crippen LogP contribution in [0.25, 0.3) is 32.9 Å². The second-order valence-electron chi connectivity index (χ2n) is 9.07. The van der Waals surface area contributed by atoms with Crippen molar-refractivity contribution in [2.45, 2.75) is 13.8 Å². The molecule has 0 unspecified atom stereocenters. The molecule has 5 rings (SSSR count). The number of rotatable bonds is 5. The summed E-state index contributed by atoms with van der Waals surface area (Å²) >= 11 is 0. The molecule has 39 heavy (non-hydrogen) atoms. The third-order valence-corrected chi connectivity index (χ3v) is 6.02. The molecule has 1 aromatic heterocycles. The molecule has 0 N–H and O–H groups in total. The molecule has 0 amide bonds. The van der Waals surface area contributed by atoms with Crippen LogP contribution in [0.15, 0.2) is 114 Å². The van der Waals surface area contributed by atoms with E-state index in [1.165, 1.54) is 0 Å². The molecule has 0 aliphatic carbocycles. The van der Waals surface area contributed by atoms with E-state index >= 15 is 0 Å². The number of hydrogen-bond acceptors (Lipinski definition) is 5. The Bertz CT molecular complexity index is 1790. The van der Waals surface area contributed by atoms with Crippen molar-refractivity contribution in [1.82, 2.24) is 0 Å². The molecular formula is C34H24O5. The van der Waals surface area contributed by atoms with Crippen LogP contribution in [0.4, 0.5) is 0 Å². The van der Waals surface area contributed by atoms with Crippen molar-refractivity contribution in [3.63, 3.8) is 0 Å². The van der Waals surface area contributed by atoms with E-state index in [2.05, 4.69) is 25.0 Å². The maximum atomic E-state index is 12.5. The normalized spacial score (nSPS) is 10.5. The van der Waals surface area contributed by atoms with Gasteiger partial charge in [-0.25, -0.2) is 9.59 Å². The Labute approximate surface area is 226 Å². The van der Waals surface area contributed by atoms with Crippen LogP contribution in [0.2, 0.25) is 0 Å². The summed E-state index contributed by atoms with van der Waals surface area (Å²) in [5.74, 6) is 7.23. The summed E-state index contributed by atoms with van der Waals surface area (Å²) in [6, 6.07) is 26.1. The summed E-state index contributed by atoms with van der Waals surface area (Å²) in [5.41, 5.74) is 2.27. The Hall–Kier alpha value is -5.34. The number of hydrogen-bond donors (Lipinski definition) is 0. The van der Waals surface area contributed by atoms with Crippen LogP contribution in [0, 0.1) is 11.8 Å². The molecule has 0 aliphatic heterocycles. The van der Waals surface area contributed by atoms with Crippen LogP contribution >= 0.6 is 0 Å². The molecule has 0 saturated heterocycles. The Morgan fingerprint density at radius 1 is 0.667 bits per heavy atom. The Morgan fingerprint density at radius 3 is 1.77 bits per heavy atom. The Morgan fingerprint density at radius 2 is 1.21 bits per heavy atom. The Balaban J connectivity index is 1.53. The van der Waals surface area contributed by atoms with Crippen molar-refractivity contribution < 1.29 is 23.5 Å². The van der Waals surface area contributed by atoms with Crippen LogP contribution in [-0.4, -0.2) is 11.9 Å². The van der Waals surface area contributed by atoms with Crippen molar-refractivity contribution in [2.75, 3.05) is 0 Å². The molecule has 0 saturated carbocycles. The van der Waals surface area contributed by atoms with Gasteiger partial charge < -0.3 is 13.9 Å². The highest BCUT2D eigenvalue weighted by Crippen LogP contribution is 2.43. The number of fused-ring (bicyclic) bond motifs is 2. The first kappa shape index (κ1) is 25.3. The highest BCUT2D eigenvalue weighted by Gasteiger charge is 2.20. The number of furan rings is 1. The van der Waals surface area contributed by atoms with Gasteiger partial charge in [0.25, 0.3) is 0 Å². The van der Waals surface area contributed by atoms with Crippen LogP contribution in [-0.2, 0) is 9.59 Å². The molecule has 4 aromatic carbocycles. The predicted octanol–water partition coefficient (Wildman–Crippen LogP) is 7.62. The van der Waals surface area contributed by atoms with Gasteiger partial charge in [-0.05, 0) is 66.9 Å². The molecule has 5 nitrogen and oxygen atoms in total. The number of ether oxygens (including phenoxy) is 2. The van der Waals surface area contributed by atoms with Crippen LogP contribution < -0.4 is 9.47 Å². The second kappa shape index (κ2) is 10.6. The molecule has 0 aliphatic rings. The van der Waals surface area contributed by atoms with Gasteiger partial charge in [-0.1, -0.05) is 67.6 Å². The SMILES string of the molecule is C=C(C)C(=O)Oc1ccc(C#Cc2ccc(-c3c4ccccc4c(OC(=O)C(=C)C)c4ccccc34)o2)cc1. The van der Waals surface area contributed by atoms with Gasteiger partial charge in [0.15, 0.2) is 5.76 Å². The van der Waals surface area contributed by atoms with Crippen LogP contribution in [0.3, 0.4) is 0 Å². The van der Waals surface area contributed by atoms with Gasteiger partial charge in [-0.15, -0.1) is 0 Å². The molecule has 0 radical (unpaired) electrons. The monoisotopic (exact) mass is 512 g/mol. The first-order valence-electron chi connectivity index (χ1n) is 12.2. The molecule has 190 valence electrons. The molecule has 0 spiro atoms. The zero-order valence-corrected chi connectivity index (χ0v) is 21.5. The highest BCUT2D eigenvalue weighted by atomic mass is 16.5. The first-order chi connectivity index (χ1) is 18.8. The number of carbonyl (C=O) groups excluding carboxylic acids is 2. The summed E-state index contributed by atoms with van der Waals surface area (Å²) in [6.45, 7) is 10.5. The van der Waals surface area contributed by atoms with E-state index < -0.39 is 11.9 Å². The van der Waals surface area contributed by atoms with Gasteiger partial charge in [0.2, 0.25) is 0 Å². The van der Waals surface area contributed by atoms with E-state index in [-0.39, 0.29) is 0 Å². The molecule has 0 fully saturated rings. The lowest BCUT2D eigenvalue weighted by molar-refractivity contribution is -0.130. The third kappa shape index (κ3) is 5.22. The fourth-order valence-electron chi connectivity index (χ4n) is 4.12. The van der Waals surface area contributed by atoms with Gasteiger partial charge in [0.05, 0.1) is 0 Å². The van der Waals surface area contributed by atoms with Gasteiger partial charge >= 0.3 is 11.9 Å². The van der Waals surface area contributed by atoms with Gasteiger partial charge in [-0.2, -0.15) is 0 Å². The number of esters is 2. The lowest BCUT2D eigenvalue weighted by Gasteiger charge is -2.15. The van der Waals surface area contributed by atoms with E-state index in [0.717, 1.165) is 32.7 Å². The average molecular weight is 513 g/mol. The quantitative estimate of drug-likeness (QED) is 0.0797. The predicted molar refractivity (Wildman–Crippen MR) is 152 cm³/mol. The minimum absolute atomic E-state index is 0.323. The molecular weight excluding hydrogens is 488 g/mol. The molecule has 0 bridgehead atoms. The van der Waals surface area contributed by atoms with Crippen molar-refractivity contribution >= 4 is 33.5 Å². The van der Waals surface area contributed by atoms with E-state index in [1.54, 1.807) is 38.1 Å². The summed E-state index contributed by atoms with van der Waals surface area (Å²) in [7, 11) is 0. The summed E-state index contributed by atoms with van der Waals surface area (Å²) < 4.78 is 17.2. The smallest absolute Gasteiger partial charge is 0.338 e. The van der Waals surface area contributed by atoms with Gasteiger partial charge in [0, 0.05) is 33.0 Å². The van der Waals surface area contributed by atoms with Gasteiger partial charge in [0.1, 0.15) is 17.3 Å². The highest BCUT2D eigenvalue weighted by molar-refractivity contribution is 6.17. The van der Waals surface area contributed by atoms with Crippen LogP contribution in [0.5, 0.6) is 11.5 Å². The molecule has 1 heterocycles. The lowest BCUT2D eigenvalue weighted by Crippen LogP contribution is -2.09. The van der Waals surface area contributed by atoms with E-state index in [9.17, 15) is 9.59 Å². The van der Waals surface area contributed by atoms with E-state index in [1.807, 2.05) is 60.7 Å².